The SMILES string of the molecule is O=C(C[P+](c1ccccc1)(c1ccccc1)c1ccccc1)Nc1ccc(Cl)cc1. The van der Waals surface area contributed by atoms with Crippen molar-refractivity contribution in [2.75, 3.05) is 11.5 Å². The molecule has 1 amide bonds. The van der Waals surface area contributed by atoms with Crippen LogP contribution in [0.25, 0.3) is 0 Å². The van der Waals surface area contributed by atoms with E-state index in [0.29, 0.717) is 11.2 Å². The molecular formula is C26H22ClNOP+. The van der Waals surface area contributed by atoms with Gasteiger partial charge in [-0.3, -0.25) is 4.79 Å². The van der Waals surface area contributed by atoms with Crippen molar-refractivity contribution in [3.05, 3.63) is 120 Å². The van der Waals surface area contributed by atoms with Gasteiger partial charge in [-0.25, -0.2) is 0 Å². The summed E-state index contributed by atoms with van der Waals surface area (Å²) >= 11 is 5.99. The third-order valence-electron chi connectivity index (χ3n) is 5.10. The molecule has 4 aromatic carbocycles. The van der Waals surface area contributed by atoms with E-state index >= 15 is 0 Å². The zero-order valence-electron chi connectivity index (χ0n) is 16.4. The van der Waals surface area contributed by atoms with Crippen LogP contribution in [0.2, 0.25) is 5.02 Å². The molecule has 2 nitrogen and oxygen atoms in total. The monoisotopic (exact) mass is 430 g/mol. The number of rotatable bonds is 6. The predicted molar refractivity (Wildman–Crippen MR) is 130 cm³/mol. The summed E-state index contributed by atoms with van der Waals surface area (Å²) in [6.45, 7) is 0. The predicted octanol–water partition coefficient (Wildman–Crippen LogP) is 5.27. The minimum absolute atomic E-state index is 0.0118. The summed E-state index contributed by atoms with van der Waals surface area (Å²) in [6, 6.07) is 38.4. The van der Waals surface area contributed by atoms with E-state index in [1.807, 2.05) is 66.7 Å². The van der Waals surface area contributed by atoms with Gasteiger partial charge in [0.25, 0.3) is 5.91 Å². The van der Waals surface area contributed by atoms with Crippen molar-refractivity contribution in [1.29, 1.82) is 0 Å². The maximum absolute atomic E-state index is 13.3. The van der Waals surface area contributed by atoms with Crippen molar-refractivity contribution in [2.45, 2.75) is 0 Å². The molecule has 0 heterocycles. The van der Waals surface area contributed by atoms with E-state index in [-0.39, 0.29) is 5.91 Å². The first-order valence-electron chi connectivity index (χ1n) is 9.79. The van der Waals surface area contributed by atoms with E-state index in [2.05, 4.69) is 41.7 Å². The Kier molecular flexibility index (Phi) is 6.28. The molecular weight excluding hydrogens is 409 g/mol. The van der Waals surface area contributed by atoms with Crippen LogP contribution in [0.5, 0.6) is 0 Å². The summed E-state index contributed by atoms with van der Waals surface area (Å²) in [5.41, 5.74) is 0.747. The van der Waals surface area contributed by atoms with Crippen LogP contribution in [0.3, 0.4) is 0 Å². The van der Waals surface area contributed by atoms with E-state index in [1.54, 1.807) is 12.1 Å². The minimum Gasteiger partial charge on any atom is -0.323 e. The second kappa shape index (κ2) is 9.26. The Morgan fingerprint density at radius 3 is 1.43 bits per heavy atom. The fourth-order valence-electron chi connectivity index (χ4n) is 3.72. The lowest BCUT2D eigenvalue weighted by atomic mass is 10.3. The van der Waals surface area contributed by atoms with Gasteiger partial charge < -0.3 is 5.32 Å². The standard InChI is InChI=1S/C26H21ClNOP/c27-21-16-18-22(19-17-21)28-26(29)20-30(23-10-4-1-5-11-23,24-12-6-2-7-13-24)25-14-8-3-9-15-25/h1-19H,20H2/p+1. The number of hydrogen-bond acceptors (Lipinski definition) is 1. The molecule has 1 N–H and O–H groups in total. The van der Waals surface area contributed by atoms with Gasteiger partial charge in [0, 0.05) is 10.7 Å². The fraction of sp³-hybridized carbons (Fsp3) is 0.0385. The van der Waals surface area contributed by atoms with Gasteiger partial charge in [-0.2, -0.15) is 0 Å². The summed E-state index contributed by atoms with van der Waals surface area (Å²) < 4.78 is 0. The van der Waals surface area contributed by atoms with Crippen molar-refractivity contribution in [3.8, 4) is 0 Å². The summed E-state index contributed by atoms with van der Waals surface area (Å²) in [5.74, 6) is -0.0118. The maximum atomic E-state index is 13.3. The molecule has 0 fully saturated rings. The molecule has 0 atom stereocenters. The van der Waals surface area contributed by atoms with Gasteiger partial charge in [0.1, 0.15) is 23.2 Å². The Labute approximate surface area is 182 Å². The number of amides is 1. The van der Waals surface area contributed by atoms with Crippen LogP contribution >= 0.6 is 18.9 Å². The highest BCUT2D eigenvalue weighted by molar-refractivity contribution is 7.96. The molecule has 0 spiro atoms. The van der Waals surface area contributed by atoms with Crippen LogP contribution in [-0.4, -0.2) is 12.1 Å². The second-order valence-electron chi connectivity index (χ2n) is 7.03. The molecule has 148 valence electrons. The number of carbonyl (C=O) groups is 1. The first-order chi connectivity index (χ1) is 14.7. The average Bonchev–Trinajstić information content (AvgIpc) is 2.81. The zero-order valence-corrected chi connectivity index (χ0v) is 18.1. The molecule has 0 bridgehead atoms. The van der Waals surface area contributed by atoms with E-state index in [0.717, 1.165) is 5.69 Å². The van der Waals surface area contributed by atoms with Crippen molar-refractivity contribution < 1.29 is 4.79 Å². The van der Waals surface area contributed by atoms with Crippen LogP contribution in [0.15, 0.2) is 115 Å². The highest BCUT2D eigenvalue weighted by Gasteiger charge is 2.47. The normalized spacial score (nSPS) is 11.1. The lowest BCUT2D eigenvalue weighted by molar-refractivity contribution is -0.113. The lowest BCUT2D eigenvalue weighted by Crippen LogP contribution is -2.37. The van der Waals surface area contributed by atoms with Crippen LogP contribution in [-0.2, 0) is 4.79 Å². The summed E-state index contributed by atoms with van der Waals surface area (Å²) in [7, 11) is -2.19. The zero-order chi connectivity index (χ0) is 20.8. The first-order valence-corrected chi connectivity index (χ1v) is 12.1. The Bertz CT molecular complexity index is 1000. The highest BCUT2D eigenvalue weighted by atomic mass is 35.5. The molecule has 0 saturated carbocycles. The van der Waals surface area contributed by atoms with Crippen LogP contribution in [0.1, 0.15) is 0 Å². The van der Waals surface area contributed by atoms with Gasteiger partial charge >= 0.3 is 0 Å². The first kappa shape index (κ1) is 20.3. The number of hydrogen-bond donors (Lipinski definition) is 1. The molecule has 4 heteroatoms. The van der Waals surface area contributed by atoms with Gasteiger partial charge in [0.2, 0.25) is 0 Å². The Balaban J connectivity index is 1.82. The maximum Gasteiger partial charge on any atom is 0.263 e. The molecule has 4 rings (SSSR count). The molecule has 0 aliphatic carbocycles. The third-order valence-corrected chi connectivity index (χ3v) is 9.65. The summed E-state index contributed by atoms with van der Waals surface area (Å²) in [6.07, 6.45) is 0.383. The molecule has 0 aliphatic rings. The third kappa shape index (κ3) is 4.31. The molecule has 0 saturated heterocycles. The number of carbonyl (C=O) groups excluding carboxylic acids is 1. The summed E-state index contributed by atoms with van der Waals surface area (Å²) in [4.78, 5) is 13.3. The number of halogens is 1. The quantitative estimate of drug-likeness (QED) is 0.415. The molecule has 4 aromatic rings. The van der Waals surface area contributed by atoms with Crippen molar-refractivity contribution in [2.24, 2.45) is 0 Å². The van der Waals surface area contributed by atoms with Gasteiger partial charge in [-0.15, -0.1) is 0 Å². The molecule has 30 heavy (non-hydrogen) atoms. The van der Waals surface area contributed by atoms with Gasteiger partial charge in [-0.05, 0) is 60.7 Å². The Morgan fingerprint density at radius 2 is 1.03 bits per heavy atom. The molecule has 0 aliphatic heterocycles. The van der Waals surface area contributed by atoms with E-state index in [4.69, 9.17) is 11.6 Å². The fourth-order valence-corrected chi connectivity index (χ4v) is 7.84. The molecule has 0 radical (unpaired) electrons. The highest BCUT2D eigenvalue weighted by Crippen LogP contribution is 2.55. The van der Waals surface area contributed by atoms with Crippen molar-refractivity contribution in [3.63, 3.8) is 0 Å². The number of nitrogens with one attached hydrogen (secondary N) is 1. The topological polar surface area (TPSA) is 29.1 Å². The molecule has 0 aromatic heterocycles. The lowest BCUT2D eigenvalue weighted by Gasteiger charge is -2.27. The van der Waals surface area contributed by atoms with Crippen LogP contribution in [0, 0.1) is 0 Å². The van der Waals surface area contributed by atoms with Crippen LogP contribution < -0.4 is 21.2 Å². The van der Waals surface area contributed by atoms with E-state index in [9.17, 15) is 4.79 Å². The average molecular weight is 431 g/mol. The van der Waals surface area contributed by atoms with Crippen LogP contribution in [0.4, 0.5) is 5.69 Å². The van der Waals surface area contributed by atoms with Crippen molar-refractivity contribution >= 4 is 46.4 Å². The van der Waals surface area contributed by atoms with E-state index < -0.39 is 7.26 Å². The smallest absolute Gasteiger partial charge is 0.263 e. The van der Waals surface area contributed by atoms with Crippen molar-refractivity contribution in [1.82, 2.24) is 0 Å². The Morgan fingerprint density at radius 1 is 0.633 bits per heavy atom. The number of anilines is 1. The van der Waals surface area contributed by atoms with Gasteiger partial charge in [-0.1, -0.05) is 66.2 Å². The van der Waals surface area contributed by atoms with E-state index in [1.165, 1.54) is 15.9 Å². The largest absolute Gasteiger partial charge is 0.323 e. The second-order valence-corrected chi connectivity index (χ2v) is 11.0. The van der Waals surface area contributed by atoms with Gasteiger partial charge in [0.05, 0.1) is 0 Å². The summed E-state index contributed by atoms with van der Waals surface area (Å²) in [5, 5.41) is 7.28. The van der Waals surface area contributed by atoms with Gasteiger partial charge in [0.15, 0.2) is 6.16 Å². The minimum atomic E-state index is -2.19. The Hall–Kier alpha value is -2.93. The number of benzene rings is 4. The molecule has 0 unspecified atom stereocenters.